The average molecular weight is 298 g/mol. The molecule has 1 amide bonds. The smallest absolute Gasteiger partial charge is 0.349 e. The van der Waals surface area contributed by atoms with Crippen molar-refractivity contribution in [2.45, 2.75) is 12.2 Å². The summed E-state index contributed by atoms with van der Waals surface area (Å²) >= 11 is 0. The van der Waals surface area contributed by atoms with Gasteiger partial charge in [0.25, 0.3) is 0 Å². The average Bonchev–Trinajstić information content (AvgIpc) is 2.89. The third-order valence-corrected chi connectivity index (χ3v) is 3.69. The predicted octanol–water partition coefficient (Wildman–Crippen LogP) is 2.21. The van der Waals surface area contributed by atoms with Crippen LogP contribution in [0.3, 0.4) is 0 Å². The number of carbonyl (C=O) groups excluding carboxylic acids is 1. The van der Waals surface area contributed by atoms with Crippen molar-refractivity contribution in [3.05, 3.63) is 48.6 Å². The summed E-state index contributed by atoms with van der Waals surface area (Å²) in [5, 5.41) is 6.17. The second-order valence-corrected chi connectivity index (χ2v) is 5.09. The van der Waals surface area contributed by atoms with Gasteiger partial charge in [-0.15, -0.1) is 0 Å². The molecule has 2 N–H and O–H groups in total. The summed E-state index contributed by atoms with van der Waals surface area (Å²) in [5.41, 5.74) is -0.602. The fraction of sp³-hybridized carbons (Fsp3) is 0.400. The van der Waals surface area contributed by atoms with Gasteiger partial charge in [0.05, 0.1) is 5.56 Å². The molecule has 3 nitrogen and oxygen atoms in total. The number of hydrogen-bond acceptors (Lipinski definition) is 2. The number of nitrogens with one attached hydrogen (secondary N) is 2. The fourth-order valence-corrected chi connectivity index (χ4v) is 2.48. The summed E-state index contributed by atoms with van der Waals surface area (Å²) in [6.07, 6.45) is -2.87. The van der Waals surface area contributed by atoms with E-state index >= 15 is 0 Å². The Morgan fingerprint density at radius 2 is 1.81 bits per heavy atom. The first-order valence-corrected chi connectivity index (χ1v) is 6.69. The zero-order valence-corrected chi connectivity index (χ0v) is 11.4. The van der Waals surface area contributed by atoms with Crippen molar-refractivity contribution in [2.75, 3.05) is 13.1 Å². The lowest BCUT2D eigenvalue weighted by Crippen LogP contribution is -2.31. The van der Waals surface area contributed by atoms with Crippen LogP contribution in [0.1, 0.15) is 5.56 Å². The molecule has 21 heavy (non-hydrogen) atoms. The molecule has 2 unspecified atom stereocenters. The van der Waals surface area contributed by atoms with Crippen molar-refractivity contribution in [2.24, 2.45) is 11.8 Å². The molecular weight excluding hydrogens is 281 g/mol. The lowest BCUT2D eigenvalue weighted by atomic mass is 10.2. The quantitative estimate of drug-likeness (QED) is 0.822. The van der Waals surface area contributed by atoms with Crippen LogP contribution in [-0.2, 0) is 11.0 Å². The molecule has 1 saturated heterocycles. The van der Waals surface area contributed by atoms with E-state index in [2.05, 4.69) is 17.2 Å². The highest BCUT2D eigenvalue weighted by atomic mass is 19.4. The van der Waals surface area contributed by atoms with Crippen LogP contribution in [0.15, 0.2) is 43.0 Å². The standard InChI is InChI=1S/C8H12N2O.C7H5F3/c1-2-7(11)10-8-5-3-9-4-6(5)8;8-7(9,10)6-4-2-1-3-5-6/h2,5-6,8-9H,1,3-4H2,(H,10,11);1-5H. The molecule has 1 aliphatic heterocycles. The Balaban J connectivity index is 0.000000155. The minimum absolute atomic E-state index is 0.0376. The Bertz CT molecular complexity index is 491. The molecule has 1 aromatic rings. The van der Waals surface area contributed by atoms with Gasteiger partial charge in [-0.25, -0.2) is 0 Å². The van der Waals surface area contributed by atoms with Gasteiger partial charge < -0.3 is 10.6 Å². The zero-order valence-electron chi connectivity index (χ0n) is 11.4. The SMILES string of the molecule is C=CC(=O)NC1C2CNCC21.FC(F)(F)c1ccccc1. The highest BCUT2D eigenvalue weighted by molar-refractivity contribution is 5.87. The summed E-state index contributed by atoms with van der Waals surface area (Å²) in [5.74, 6) is 1.35. The molecule has 0 bridgehead atoms. The Labute approximate surface area is 121 Å². The number of halogens is 3. The van der Waals surface area contributed by atoms with Gasteiger partial charge in [-0.2, -0.15) is 13.2 Å². The van der Waals surface area contributed by atoms with E-state index in [0.29, 0.717) is 17.9 Å². The zero-order chi connectivity index (χ0) is 15.5. The molecule has 2 atom stereocenters. The predicted molar refractivity (Wildman–Crippen MR) is 73.4 cm³/mol. The molecule has 1 heterocycles. The van der Waals surface area contributed by atoms with E-state index < -0.39 is 11.7 Å². The first-order chi connectivity index (χ1) is 9.93. The molecule has 1 aliphatic carbocycles. The van der Waals surface area contributed by atoms with Crippen LogP contribution in [0.2, 0.25) is 0 Å². The molecule has 0 radical (unpaired) electrons. The van der Waals surface area contributed by atoms with Gasteiger partial charge in [0.15, 0.2) is 0 Å². The molecule has 0 aromatic heterocycles. The van der Waals surface area contributed by atoms with E-state index in [0.717, 1.165) is 25.2 Å². The summed E-state index contributed by atoms with van der Waals surface area (Å²) in [7, 11) is 0. The molecule has 1 aromatic carbocycles. The first-order valence-electron chi connectivity index (χ1n) is 6.69. The van der Waals surface area contributed by atoms with E-state index in [-0.39, 0.29) is 5.91 Å². The van der Waals surface area contributed by atoms with Gasteiger partial charge in [-0.05, 0) is 17.9 Å². The maximum absolute atomic E-state index is 11.8. The Morgan fingerprint density at radius 3 is 2.24 bits per heavy atom. The van der Waals surface area contributed by atoms with Crippen LogP contribution in [0, 0.1) is 11.8 Å². The summed E-state index contributed by atoms with van der Waals surface area (Å²) < 4.78 is 35.4. The molecule has 2 aliphatic rings. The van der Waals surface area contributed by atoms with Crippen molar-refractivity contribution in [3.63, 3.8) is 0 Å². The Hall–Kier alpha value is -1.82. The van der Waals surface area contributed by atoms with Crippen LogP contribution < -0.4 is 10.6 Å². The van der Waals surface area contributed by atoms with Gasteiger partial charge >= 0.3 is 6.18 Å². The second-order valence-electron chi connectivity index (χ2n) is 5.09. The largest absolute Gasteiger partial charge is 0.416 e. The lowest BCUT2D eigenvalue weighted by Gasteiger charge is -2.03. The van der Waals surface area contributed by atoms with Crippen molar-refractivity contribution < 1.29 is 18.0 Å². The number of rotatable bonds is 2. The molecule has 3 rings (SSSR count). The molecular formula is C15H17F3N2O. The van der Waals surface area contributed by atoms with Crippen LogP contribution in [-0.4, -0.2) is 25.0 Å². The van der Waals surface area contributed by atoms with Crippen molar-refractivity contribution in [1.29, 1.82) is 0 Å². The van der Waals surface area contributed by atoms with Crippen LogP contribution >= 0.6 is 0 Å². The third kappa shape index (κ3) is 4.07. The highest BCUT2D eigenvalue weighted by Crippen LogP contribution is 2.41. The van der Waals surface area contributed by atoms with E-state index in [1.54, 1.807) is 6.07 Å². The van der Waals surface area contributed by atoms with Crippen molar-refractivity contribution in [3.8, 4) is 0 Å². The van der Waals surface area contributed by atoms with Crippen LogP contribution in [0.25, 0.3) is 0 Å². The maximum Gasteiger partial charge on any atom is 0.416 e. The van der Waals surface area contributed by atoms with Gasteiger partial charge in [0, 0.05) is 19.1 Å². The number of piperidine rings is 1. The maximum atomic E-state index is 11.8. The fourth-order valence-electron chi connectivity index (χ4n) is 2.48. The topological polar surface area (TPSA) is 41.1 Å². The first kappa shape index (κ1) is 15.6. The number of carbonyl (C=O) groups is 1. The van der Waals surface area contributed by atoms with Gasteiger partial charge in [0.2, 0.25) is 5.91 Å². The third-order valence-electron chi connectivity index (χ3n) is 3.69. The van der Waals surface area contributed by atoms with Crippen LogP contribution in [0.4, 0.5) is 13.2 Å². The second kappa shape index (κ2) is 6.30. The number of fused-ring (bicyclic) bond motifs is 1. The number of benzene rings is 1. The van der Waals surface area contributed by atoms with E-state index in [9.17, 15) is 18.0 Å². The molecule has 114 valence electrons. The van der Waals surface area contributed by atoms with E-state index in [1.807, 2.05) is 0 Å². The van der Waals surface area contributed by atoms with Crippen molar-refractivity contribution >= 4 is 5.91 Å². The highest BCUT2D eigenvalue weighted by Gasteiger charge is 2.53. The Kier molecular flexibility index (Phi) is 4.67. The lowest BCUT2D eigenvalue weighted by molar-refractivity contribution is -0.137. The minimum Gasteiger partial charge on any atom is -0.349 e. The summed E-state index contributed by atoms with van der Waals surface area (Å²) in [6.45, 7) is 5.53. The number of hydrogen-bond donors (Lipinski definition) is 2. The van der Waals surface area contributed by atoms with Gasteiger partial charge in [-0.3, -0.25) is 4.79 Å². The monoisotopic (exact) mass is 298 g/mol. The Morgan fingerprint density at radius 1 is 1.24 bits per heavy atom. The molecule has 6 heteroatoms. The molecule has 1 saturated carbocycles. The van der Waals surface area contributed by atoms with Crippen LogP contribution in [0.5, 0.6) is 0 Å². The summed E-state index contributed by atoms with van der Waals surface area (Å²) in [6, 6.07) is 6.79. The molecule has 2 fully saturated rings. The van der Waals surface area contributed by atoms with Gasteiger partial charge in [-0.1, -0.05) is 36.9 Å². The number of alkyl halides is 3. The number of amides is 1. The summed E-state index contributed by atoms with van der Waals surface area (Å²) in [4.78, 5) is 10.8. The minimum atomic E-state index is -4.21. The normalized spacial score (nSPS) is 26.1. The van der Waals surface area contributed by atoms with Crippen molar-refractivity contribution in [1.82, 2.24) is 10.6 Å². The molecule has 0 spiro atoms. The van der Waals surface area contributed by atoms with E-state index in [1.165, 1.54) is 18.2 Å². The van der Waals surface area contributed by atoms with Gasteiger partial charge in [0.1, 0.15) is 0 Å². The van der Waals surface area contributed by atoms with E-state index in [4.69, 9.17) is 0 Å².